The van der Waals surface area contributed by atoms with Gasteiger partial charge in [0.2, 0.25) is 5.91 Å². The predicted molar refractivity (Wildman–Crippen MR) is 146 cm³/mol. The van der Waals surface area contributed by atoms with Crippen LogP contribution in [-0.2, 0) is 21.4 Å². The van der Waals surface area contributed by atoms with E-state index in [4.69, 9.17) is 0 Å². The van der Waals surface area contributed by atoms with Crippen molar-refractivity contribution in [3.05, 3.63) is 83.9 Å². The van der Waals surface area contributed by atoms with Gasteiger partial charge in [0.25, 0.3) is 15.9 Å². The maximum atomic E-state index is 13.3. The molecule has 194 valence electrons. The minimum absolute atomic E-state index is 0.0470. The number of rotatable bonds is 8. The standard InChI is InChI=1S/C28H32N4O4S/c1-20-14-16-32(17-15-20)27-13-10-24(18-26(27)28(34)29-19-22-6-4-3-5-7-22)31-37(35,36)25-11-8-23(9-12-25)30-21(2)33/h3-13,18,20,31H,14-17,19H2,1-2H3,(H,29,34)(H,30,33). The summed E-state index contributed by atoms with van der Waals surface area (Å²) in [6.07, 6.45) is 2.07. The lowest BCUT2D eigenvalue weighted by molar-refractivity contribution is -0.114. The molecule has 1 aliphatic rings. The summed E-state index contributed by atoms with van der Waals surface area (Å²) in [6, 6.07) is 20.6. The monoisotopic (exact) mass is 520 g/mol. The van der Waals surface area contributed by atoms with Crippen molar-refractivity contribution in [2.45, 2.75) is 38.1 Å². The van der Waals surface area contributed by atoms with E-state index in [-0.39, 0.29) is 16.7 Å². The summed E-state index contributed by atoms with van der Waals surface area (Å²) >= 11 is 0. The van der Waals surface area contributed by atoms with Gasteiger partial charge in [0.05, 0.1) is 10.5 Å². The van der Waals surface area contributed by atoms with Crippen molar-refractivity contribution in [1.29, 1.82) is 0 Å². The number of carbonyl (C=O) groups excluding carboxylic acids is 2. The molecule has 8 nitrogen and oxygen atoms in total. The number of nitrogens with one attached hydrogen (secondary N) is 3. The van der Waals surface area contributed by atoms with Gasteiger partial charge >= 0.3 is 0 Å². The molecule has 0 aromatic heterocycles. The van der Waals surface area contributed by atoms with Gasteiger partial charge < -0.3 is 15.5 Å². The van der Waals surface area contributed by atoms with Crippen LogP contribution in [0.15, 0.2) is 77.7 Å². The number of anilines is 3. The summed E-state index contributed by atoms with van der Waals surface area (Å²) in [5.74, 6) is 0.128. The maximum absolute atomic E-state index is 13.3. The van der Waals surface area contributed by atoms with Gasteiger partial charge in [-0.15, -0.1) is 0 Å². The van der Waals surface area contributed by atoms with Crippen LogP contribution in [0, 0.1) is 5.92 Å². The lowest BCUT2D eigenvalue weighted by Crippen LogP contribution is -2.35. The number of nitrogens with zero attached hydrogens (tertiary/aromatic N) is 1. The van der Waals surface area contributed by atoms with Crippen molar-refractivity contribution in [2.24, 2.45) is 5.92 Å². The summed E-state index contributed by atoms with van der Waals surface area (Å²) in [7, 11) is -3.91. The number of sulfonamides is 1. The highest BCUT2D eigenvalue weighted by molar-refractivity contribution is 7.92. The number of carbonyl (C=O) groups is 2. The first kappa shape index (κ1) is 26.2. The molecule has 0 unspecified atom stereocenters. The Kier molecular flexibility index (Phi) is 8.13. The second kappa shape index (κ2) is 11.5. The lowest BCUT2D eigenvalue weighted by atomic mass is 9.98. The lowest BCUT2D eigenvalue weighted by Gasteiger charge is -2.33. The Bertz CT molecular complexity index is 1350. The van der Waals surface area contributed by atoms with E-state index < -0.39 is 10.0 Å². The minimum Gasteiger partial charge on any atom is -0.371 e. The Labute approximate surface area is 218 Å². The topological polar surface area (TPSA) is 108 Å². The Balaban J connectivity index is 1.58. The third-order valence-electron chi connectivity index (χ3n) is 6.40. The molecule has 0 spiro atoms. The molecule has 37 heavy (non-hydrogen) atoms. The molecular formula is C28H32N4O4S. The Morgan fingerprint density at radius 2 is 1.57 bits per heavy atom. The fourth-order valence-electron chi connectivity index (χ4n) is 4.31. The smallest absolute Gasteiger partial charge is 0.261 e. The van der Waals surface area contributed by atoms with Crippen molar-refractivity contribution in [3.63, 3.8) is 0 Å². The Morgan fingerprint density at radius 1 is 0.919 bits per heavy atom. The van der Waals surface area contributed by atoms with Crippen LogP contribution in [0.5, 0.6) is 0 Å². The van der Waals surface area contributed by atoms with Crippen LogP contribution in [0.1, 0.15) is 42.6 Å². The molecule has 0 radical (unpaired) electrons. The maximum Gasteiger partial charge on any atom is 0.261 e. The van der Waals surface area contributed by atoms with Crippen molar-refractivity contribution in [2.75, 3.05) is 28.0 Å². The second-order valence-electron chi connectivity index (χ2n) is 9.38. The van der Waals surface area contributed by atoms with E-state index in [2.05, 4.69) is 27.2 Å². The highest BCUT2D eigenvalue weighted by atomic mass is 32.2. The Morgan fingerprint density at radius 3 is 2.22 bits per heavy atom. The Hall–Kier alpha value is -3.85. The van der Waals surface area contributed by atoms with Crippen molar-refractivity contribution >= 4 is 38.9 Å². The van der Waals surface area contributed by atoms with Gasteiger partial charge in [-0.2, -0.15) is 0 Å². The van der Waals surface area contributed by atoms with Gasteiger partial charge in [-0.3, -0.25) is 14.3 Å². The molecule has 1 saturated heterocycles. The van der Waals surface area contributed by atoms with Crippen LogP contribution < -0.4 is 20.3 Å². The molecule has 0 bridgehead atoms. The predicted octanol–water partition coefficient (Wildman–Crippen LogP) is 4.61. The zero-order chi connectivity index (χ0) is 26.4. The zero-order valence-electron chi connectivity index (χ0n) is 21.0. The average molecular weight is 521 g/mol. The van der Waals surface area contributed by atoms with Crippen molar-refractivity contribution < 1.29 is 18.0 Å². The summed E-state index contributed by atoms with van der Waals surface area (Å²) in [5.41, 5.74) is 2.99. The normalized spacial score (nSPS) is 14.2. The van der Waals surface area contributed by atoms with Crippen LogP contribution >= 0.6 is 0 Å². The quantitative estimate of drug-likeness (QED) is 0.402. The number of hydrogen-bond acceptors (Lipinski definition) is 5. The summed E-state index contributed by atoms with van der Waals surface area (Å²) < 4.78 is 28.7. The molecule has 3 aromatic carbocycles. The largest absolute Gasteiger partial charge is 0.371 e. The van der Waals surface area contributed by atoms with Crippen molar-refractivity contribution in [3.8, 4) is 0 Å². The van der Waals surface area contributed by atoms with E-state index in [0.717, 1.165) is 37.2 Å². The van der Waals surface area contributed by atoms with E-state index >= 15 is 0 Å². The second-order valence-corrected chi connectivity index (χ2v) is 11.1. The SMILES string of the molecule is CC(=O)Nc1ccc(S(=O)(=O)Nc2ccc(N3CCC(C)CC3)c(C(=O)NCc3ccccc3)c2)cc1. The molecule has 0 aliphatic carbocycles. The third-order valence-corrected chi connectivity index (χ3v) is 7.80. The van der Waals surface area contributed by atoms with Crippen LogP contribution in [0.4, 0.5) is 17.1 Å². The zero-order valence-corrected chi connectivity index (χ0v) is 21.8. The van der Waals surface area contributed by atoms with Gasteiger partial charge in [0, 0.05) is 43.6 Å². The van der Waals surface area contributed by atoms with E-state index in [9.17, 15) is 18.0 Å². The van der Waals surface area contributed by atoms with Gasteiger partial charge in [-0.25, -0.2) is 8.42 Å². The molecule has 1 heterocycles. The average Bonchev–Trinajstić information content (AvgIpc) is 2.88. The van der Waals surface area contributed by atoms with Crippen LogP contribution in [-0.4, -0.2) is 33.3 Å². The van der Waals surface area contributed by atoms with Gasteiger partial charge in [-0.05, 0) is 66.8 Å². The highest BCUT2D eigenvalue weighted by Gasteiger charge is 2.23. The number of piperidine rings is 1. The molecule has 3 N–H and O–H groups in total. The van der Waals surface area contributed by atoms with Crippen molar-refractivity contribution in [1.82, 2.24) is 5.32 Å². The fourth-order valence-corrected chi connectivity index (χ4v) is 5.36. The van der Waals surface area contributed by atoms with Gasteiger partial charge in [-0.1, -0.05) is 37.3 Å². The summed E-state index contributed by atoms with van der Waals surface area (Å²) in [5, 5.41) is 5.58. The van der Waals surface area contributed by atoms with E-state index in [1.807, 2.05) is 36.4 Å². The number of benzene rings is 3. The first-order chi connectivity index (χ1) is 17.7. The summed E-state index contributed by atoms with van der Waals surface area (Å²) in [6.45, 7) is 5.66. The molecule has 1 aliphatic heterocycles. The molecule has 9 heteroatoms. The third kappa shape index (κ3) is 6.89. The molecule has 3 aromatic rings. The van der Waals surface area contributed by atoms with Crippen LogP contribution in [0.3, 0.4) is 0 Å². The minimum atomic E-state index is -3.91. The van der Waals surface area contributed by atoms with Gasteiger partial charge in [0.15, 0.2) is 0 Å². The van der Waals surface area contributed by atoms with Crippen LogP contribution in [0.25, 0.3) is 0 Å². The molecular weight excluding hydrogens is 488 g/mol. The van der Waals surface area contributed by atoms with Crippen LogP contribution in [0.2, 0.25) is 0 Å². The van der Waals surface area contributed by atoms with E-state index in [1.54, 1.807) is 12.1 Å². The van der Waals surface area contributed by atoms with E-state index in [0.29, 0.717) is 29.4 Å². The van der Waals surface area contributed by atoms with Gasteiger partial charge in [0.1, 0.15) is 0 Å². The highest BCUT2D eigenvalue weighted by Crippen LogP contribution is 2.30. The fraction of sp³-hybridized carbons (Fsp3) is 0.286. The molecule has 1 fully saturated rings. The first-order valence-corrected chi connectivity index (χ1v) is 13.8. The molecule has 0 atom stereocenters. The first-order valence-electron chi connectivity index (χ1n) is 12.3. The summed E-state index contributed by atoms with van der Waals surface area (Å²) in [4.78, 5) is 26.8. The molecule has 4 rings (SSSR count). The molecule has 2 amide bonds. The van der Waals surface area contributed by atoms with E-state index in [1.165, 1.54) is 31.2 Å². The molecule has 0 saturated carbocycles. The number of amides is 2. The number of hydrogen-bond donors (Lipinski definition) is 3.